The van der Waals surface area contributed by atoms with Gasteiger partial charge in [-0.25, -0.2) is 0 Å². The molecule has 13 heavy (non-hydrogen) atoms. The molecule has 0 radical (unpaired) electrons. The minimum absolute atomic E-state index is 0.764. The first-order valence-corrected chi connectivity index (χ1v) is 5.01. The molecule has 0 fully saturated rings. The van der Waals surface area contributed by atoms with Crippen LogP contribution in [0.25, 0.3) is 0 Å². The van der Waals surface area contributed by atoms with Crippen LogP contribution in [0.1, 0.15) is 25.3 Å². The first-order valence-electron chi connectivity index (χ1n) is 5.01. The summed E-state index contributed by atoms with van der Waals surface area (Å²) in [7, 11) is 0. The molecule has 70 valence electrons. The second-order valence-corrected chi connectivity index (χ2v) is 3.49. The summed E-state index contributed by atoms with van der Waals surface area (Å²) in [6, 6.07) is 10.7. The van der Waals surface area contributed by atoms with Crippen LogP contribution < -0.4 is 0 Å². The van der Waals surface area contributed by atoms with E-state index in [1.54, 1.807) is 0 Å². The molecule has 0 amide bonds. The lowest BCUT2D eigenvalue weighted by atomic mass is 9.94. The van der Waals surface area contributed by atoms with Gasteiger partial charge in [0.05, 0.1) is 0 Å². The number of benzene rings is 1. The molecule has 0 aliphatic rings. The molecule has 0 nitrogen and oxygen atoms in total. The van der Waals surface area contributed by atoms with Crippen LogP contribution in [0.3, 0.4) is 0 Å². The fourth-order valence-corrected chi connectivity index (χ4v) is 1.58. The van der Waals surface area contributed by atoms with Gasteiger partial charge in [0.15, 0.2) is 0 Å². The molecule has 0 heterocycles. The largest absolute Gasteiger partial charge is 0.103 e. The van der Waals surface area contributed by atoms with Crippen molar-refractivity contribution in [3.8, 4) is 0 Å². The molecule has 1 aromatic carbocycles. The van der Waals surface area contributed by atoms with Crippen molar-refractivity contribution in [2.45, 2.75) is 26.2 Å². The Balaban J connectivity index is 2.51. The zero-order valence-corrected chi connectivity index (χ0v) is 8.37. The van der Waals surface area contributed by atoms with Crippen molar-refractivity contribution < 1.29 is 0 Å². The second-order valence-electron chi connectivity index (χ2n) is 3.49. The summed E-state index contributed by atoms with van der Waals surface area (Å²) >= 11 is 0. The Morgan fingerprint density at radius 3 is 2.54 bits per heavy atom. The molecule has 0 aliphatic heterocycles. The first kappa shape index (κ1) is 10.0. The maximum absolute atomic E-state index is 3.79. The van der Waals surface area contributed by atoms with Crippen LogP contribution in [0.2, 0.25) is 0 Å². The van der Waals surface area contributed by atoms with E-state index < -0.39 is 0 Å². The Labute approximate surface area is 81.3 Å². The van der Waals surface area contributed by atoms with Gasteiger partial charge >= 0.3 is 0 Å². The van der Waals surface area contributed by atoms with Crippen LogP contribution in [0, 0.1) is 5.92 Å². The van der Waals surface area contributed by atoms with E-state index in [2.05, 4.69) is 43.8 Å². The summed E-state index contributed by atoms with van der Waals surface area (Å²) in [5.74, 6) is 0.764. The highest BCUT2D eigenvalue weighted by Crippen LogP contribution is 2.15. The maximum atomic E-state index is 3.79. The summed E-state index contributed by atoms with van der Waals surface area (Å²) in [4.78, 5) is 0. The van der Waals surface area contributed by atoms with Gasteiger partial charge in [0.1, 0.15) is 0 Å². The average Bonchev–Trinajstić information content (AvgIpc) is 2.19. The summed E-state index contributed by atoms with van der Waals surface area (Å²) in [6.45, 7) is 6.04. The van der Waals surface area contributed by atoms with Gasteiger partial charge in [-0.1, -0.05) is 49.8 Å². The van der Waals surface area contributed by atoms with Crippen LogP contribution in [0.5, 0.6) is 0 Å². The first-order chi connectivity index (χ1) is 6.36. The van der Waals surface area contributed by atoms with E-state index in [0.29, 0.717) is 0 Å². The van der Waals surface area contributed by atoms with Crippen molar-refractivity contribution in [1.29, 1.82) is 0 Å². The summed E-state index contributed by atoms with van der Waals surface area (Å²) in [5.41, 5.74) is 1.44. The zero-order chi connectivity index (χ0) is 9.52. The highest BCUT2D eigenvalue weighted by atomic mass is 14.1. The topological polar surface area (TPSA) is 0 Å². The predicted octanol–water partition coefficient (Wildman–Crippen LogP) is 3.83. The molecule has 0 bridgehead atoms. The normalized spacial score (nSPS) is 12.4. The Morgan fingerprint density at radius 2 is 2.00 bits per heavy atom. The summed E-state index contributed by atoms with van der Waals surface area (Å²) in [5, 5.41) is 0. The molecule has 0 aromatic heterocycles. The van der Waals surface area contributed by atoms with Gasteiger partial charge in [0, 0.05) is 0 Å². The second kappa shape index (κ2) is 5.58. The Kier molecular flexibility index (Phi) is 4.31. The lowest BCUT2D eigenvalue weighted by Gasteiger charge is -2.11. The van der Waals surface area contributed by atoms with Gasteiger partial charge in [-0.2, -0.15) is 0 Å². The van der Waals surface area contributed by atoms with Gasteiger partial charge in [-0.15, -0.1) is 6.58 Å². The molecule has 0 aliphatic carbocycles. The average molecular weight is 174 g/mol. The molecular formula is C13H18. The quantitative estimate of drug-likeness (QED) is 0.595. The number of hydrogen-bond donors (Lipinski definition) is 0. The predicted molar refractivity (Wildman–Crippen MR) is 58.7 cm³/mol. The molecule has 1 unspecified atom stereocenters. The molecule has 0 saturated carbocycles. The van der Waals surface area contributed by atoms with E-state index in [9.17, 15) is 0 Å². The molecule has 0 saturated heterocycles. The fourth-order valence-electron chi connectivity index (χ4n) is 1.58. The Morgan fingerprint density at radius 1 is 1.31 bits per heavy atom. The van der Waals surface area contributed by atoms with E-state index in [1.165, 1.54) is 18.4 Å². The van der Waals surface area contributed by atoms with Gasteiger partial charge in [-0.05, 0) is 24.3 Å². The standard InChI is InChI=1S/C13H18/c1-3-8-12(4-2)11-13-9-6-5-7-10-13/h3,5-7,9-10,12H,1,4,8,11H2,2H3. The highest BCUT2D eigenvalue weighted by Gasteiger charge is 2.04. The van der Waals surface area contributed by atoms with Crippen molar-refractivity contribution in [2.24, 2.45) is 5.92 Å². The summed E-state index contributed by atoms with van der Waals surface area (Å²) in [6.07, 6.45) is 5.58. The van der Waals surface area contributed by atoms with Crippen molar-refractivity contribution in [3.63, 3.8) is 0 Å². The molecule has 1 aromatic rings. The van der Waals surface area contributed by atoms with Gasteiger partial charge < -0.3 is 0 Å². The molecule has 1 rings (SSSR count). The lowest BCUT2D eigenvalue weighted by molar-refractivity contribution is 0.514. The minimum atomic E-state index is 0.764. The number of hydrogen-bond acceptors (Lipinski definition) is 0. The van der Waals surface area contributed by atoms with Gasteiger partial charge in [0.25, 0.3) is 0 Å². The third-order valence-electron chi connectivity index (χ3n) is 2.44. The van der Waals surface area contributed by atoms with Crippen LogP contribution in [0.15, 0.2) is 43.0 Å². The van der Waals surface area contributed by atoms with Crippen molar-refractivity contribution in [2.75, 3.05) is 0 Å². The monoisotopic (exact) mass is 174 g/mol. The van der Waals surface area contributed by atoms with Crippen molar-refractivity contribution in [3.05, 3.63) is 48.6 Å². The number of rotatable bonds is 5. The van der Waals surface area contributed by atoms with Crippen molar-refractivity contribution >= 4 is 0 Å². The molecule has 0 spiro atoms. The molecule has 0 heteroatoms. The Hall–Kier alpha value is -1.04. The van der Waals surface area contributed by atoms with E-state index >= 15 is 0 Å². The number of allylic oxidation sites excluding steroid dienone is 1. The summed E-state index contributed by atoms with van der Waals surface area (Å²) < 4.78 is 0. The minimum Gasteiger partial charge on any atom is -0.103 e. The smallest absolute Gasteiger partial charge is 0.0248 e. The van der Waals surface area contributed by atoms with E-state index in [1.807, 2.05) is 6.08 Å². The van der Waals surface area contributed by atoms with Crippen LogP contribution in [-0.2, 0) is 6.42 Å². The van der Waals surface area contributed by atoms with Crippen LogP contribution in [0.4, 0.5) is 0 Å². The van der Waals surface area contributed by atoms with Gasteiger partial charge in [-0.3, -0.25) is 0 Å². The maximum Gasteiger partial charge on any atom is -0.0248 e. The van der Waals surface area contributed by atoms with E-state index in [-0.39, 0.29) is 0 Å². The van der Waals surface area contributed by atoms with E-state index in [4.69, 9.17) is 0 Å². The van der Waals surface area contributed by atoms with E-state index in [0.717, 1.165) is 12.3 Å². The third kappa shape index (κ3) is 3.45. The zero-order valence-electron chi connectivity index (χ0n) is 8.37. The fraction of sp³-hybridized carbons (Fsp3) is 0.385. The van der Waals surface area contributed by atoms with Crippen LogP contribution in [-0.4, -0.2) is 0 Å². The van der Waals surface area contributed by atoms with Crippen LogP contribution >= 0.6 is 0 Å². The lowest BCUT2D eigenvalue weighted by Crippen LogP contribution is -2.01. The SMILES string of the molecule is C=CCC(CC)Cc1ccccc1. The Bertz CT molecular complexity index is 235. The van der Waals surface area contributed by atoms with Gasteiger partial charge in [0.2, 0.25) is 0 Å². The highest BCUT2D eigenvalue weighted by molar-refractivity contribution is 5.15. The molecule has 0 N–H and O–H groups in total. The van der Waals surface area contributed by atoms with Crippen molar-refractivity contribution in [1.82, 2.24) is 0 Å². The molecule has 1 atom stereocenters. The molecular weight excluding hydrogens is 156 g/mol. The third-order valence-corrected chi connectivity index (χ3v) is 2.44.